The van der Waals surface area contributed by atoms with Gasteiger partial charge in [-0.2, -0.15) is 13.2 Å². The fourth-order valence-electron chi connectivity index (χ4n) is 10.7. The molecule has 3 unspecified atom stereocenters. The summed E-state index contributed by atoms with van der Waals surface area (Å²) in [5.74, 6) is -0.575. The minimum Gasteiger partial charge on any atom is -0.384 e. The van der Waals surface area contributed by atoms with Crippen LogP contribution in [0.25, 0.3) is 22.2 Å². The van der Waals surface area contributed by atoms with E-state index in [0.29, 0.717) is 48.9 Å². The van der Waals surface area contributed by atoms with Gasteiger partial charge in [0.15, 0.2) is 0 Å². The Morgan fingerprint density at radius 3 is 2.40 bits per heavy atom. The van der Waals surface area contributed by atoms with Crippen LogP contribution < -0.4 is 21.3 Å². The molecule has 67 heavy (non-hydrogen) atoms. The van der Waals surface area contributed by atoms with Crippen molar-refractivity contribution in [1.82, 2.24) is 34.6 Å². The van der Waals surface area contributed by atoms with E-state index in [1.807, 2.05) is 41.4 Å². The third kappa shape index (κ3) is 9.84. The highest BCUT2D eigenvalue weighted by Crippen LogP contribution is 2.37. The molecule has 17 heteroatoms. The number of carbonyl (C=O) groups is 3. The van der Waals surface area contributed by atoms with Gasteiger partial charge in [0.1, 0.15) is 35.7 Å². The second-order valence-corrected chi connectivity index (χ2v) is 18.8. The van der Waals surface area contributed by atoms with E-state index < -0.39 is 30.6 Å². The summed E-state index contributed by atoms with van der Waals surface area (Å²) < 4.78 is 61.4. The van der Waals surface area contributed by atoms with E-state index in [-0.39, 0.29) is 68.0 Å². The number of nitrogens with zero attached hydrogens (tertiary/aromatic N) is 7. The summed E-state index contributed by atoms with van der Waals surface area (Å²) in [5.41, 5.74) is 12.2. The Bertz CT molecular complexity index is 2570. The number of benzene rings is 2. The fourth-order valence-corrected chi connectivity index (χ4v) is 10.7. The molecule has 0 saturated carbocycles. The number of amides is 2. The van der Waals surface area contributed by atoms with Gasteiger partial charge in [-0.3, -0.25) is 19.4 Å². The molecule has 4 atom stereocenters. The molecule has 4 aliphatic rings. The highest BCUT2D eigenvalue weighted by atomic mass is 19.4. The summed E-state index contributed by atoms with van der Waals surface area (Å²) in [6, 6.07) is 17.9. The molecule has 2 amide bonds. The number of aryl methyl sites for hydroxylation is 1. The molecular formula is C50H58F4N10O3. The second kappa shape index (κ2) is 19.3. The molecule has 4 fully saturated rings. The molecule has 7 heterocycles. The number of alkyl halides is 3. The lowest BCUT2D eigenvalue weighted by molar-refractivity contribution is -0.186. The topological polar surface area (TPSA) is 145 Å². The first-order valence-corrected chi connectivity index (χ1v) is 23.4. The lowest BCUT2D eigenvalue weighted by Gasteiger charge is -2.45. The third-order valence-corrected chi connectivity index (χ3v) is 14.7. The van der Waals surface area contributed by atoms with Crippen molar-refractivity contribution in [2.45, 2.75) is 69.2 Å². The van der Waals surface area contributed by atoms with E-state index in [9.17, 15) is 27.6 Å². The Balaban J connectivity index is 0.751. The van der Waals surface area contributed by atoms with Gasteiger partial charge in [-0.25, -0.2) is 14.4 Å². The van der Waals surface area contributed by atoms with Crippen molar-refractivity contribution < 1.29 is 31.9 Å². The quantitative estimate of drug-likeness (QED) is 0.0935. The van der Waals surface area contributed by atoms with Crippen molar-refractivity contribution >= 4 is 46.3 Å². The number of nitrogens with two attached hydrogens (primary N) is 1. The number of anilines is 3. The molecule has 5 aromatic rings. The van der Waals surface area contributed by atoms with Gasteiger partial charge in [-0.05, 0) is 130 Å². The van der Waals surface area contributed by atoms with E-state index >= 15 is 4.39 Å². The molecule has 354 valence electrons. The van der Waals surface area contributed by atoms with Gasteiger partial charge in [0, 0.05) is 105 Å². The number of rotatable bonds is 11. The number of aldehydes is 1. The summed E-state index contributed by atoms with van der Waals surface area (Å²) >= 11 is 0. The number of piperazine rings is 1. The van der Waals surface area contributed by atoms with Crippen LogP contribution in [0.15, 0.2) is 79.1 Å². The monoisotopic (exact) mass is 922 g/mol. The van der Waals surface area contributed by atoms with Crippen LogP contribution >= 0.6 is 0 Å². The maximum Gasteiger partial charge on any atom is 0.405 e. The van der Waals surface area contributed by atoms with Crippen molar-refractivity contribution in [2.24, 2.45) is 18.9 Å². The Kier molecular flexibility index (Phi) is 13.2. The fraction of sp³-hybridized carbons (Fsp3) is 0.460. The Hall–Kier alpha value is -6.07. The number of fused-ring (bicyclic) bond motifs is 1. The zero-order valence-electron chi connectivity index (χ0n) is 37.9. The van der Waals surface area contributed by atoms with Crippen LogP contribution in [0, 0.1) is 17.7 Å². The van der Waals surface area contributed by atoms with Crippen molar-refractivity contribution in [3.05, 3.63) is 102 Å². The van der Waals surface area contributed by atoms with E-state index in [2.05, 4.69) is 57.3 Å². The molecule has 4 aliphatic heterocycles. The molecule has 0 radical (unpaired) electrons. The van der Waals surface area contributed by atoms with E-state index in [4.69, 9.17) is 10.7 Å². The van der Waals surface area contributed by atoms with E-state index in [1.54, 1.807) is 12.3 Å². The number of halogens is 4. The maximum atomic E-state index is 15.5. The van der Waals surface area contributed by atoms with Crippen LogP contribution in [-0.2, 0) is 16.6 Å². The van der Waals surface area contributed by atoms with Gasteiger partial charge < -0.3 is 35.5 Å². The van der Waals surface area contributed by atoms with Crippen LogP contribution in [0.4, 0.5) is 34.8 Å². The van der Waals surface area contributed by atoms with Crippen molar-refractivity contribution in [2.75, 3.05) is 74.9 Å². The van der Waals surface area contributed by atoms with Gasteiger partial charge in [-0.1, -0.05) is 12.1 Å². The van der Waals surface area contributed by atoms with Gasteiger partial charge in [0.05, 0.1) is 5.69 Å². The number of carbonyl (C=O) groups excluding carboxylic acids is 3. The average Bonchev–Trinajstić information content (AvgIpc) is 3.68. The number of pyridine rings is 2. The number of nitrogen functional groups attached to an aromatic ring is 1. The zero-order valence-corrected chi connectivity index (χ0v) is 37.9. The predicted molar refractivity (Wildman–Crippen MR) is 250 cm³/mol. The first-order chi connectivity index (χ1) is 32.2. The largest absolute Gasteiger partial charge is 0.405 e. The SMILES string of the molecule is C[C@@H](c1cc2c(-c3ccc(N)nc3)ccnc2n1C)N1CCC(c2ccc(C(=O)N3CCC(CN4CCN(c5ccc(NC6CC(C=O)CNC6=O)cc5F)CC4C(F)(F)F)CC3)cc2)CC1. The van der Waals surface area contributed by atoms with Gasteiger partial charge >= 0.3 is 6.18 Å². The van der Waals surface area contributed by atoms with Gasteiger partial charge in [-0.15, -0.1) is 0 Å². The molecule has 0 spiro atoms. The minimum absolute atomic E-state index is 0.0173. The molecule has 2 aromatic carbocycles. The Morgan fingerprint density at radius 2 is 1.72 bits per heavy atom. The van der Waals surface area contributed by atoms with E-state index in [0.717, 1.165) is 54.4 Å². The Labute approximate surface area is 387 Å². The van der Waals surface area contributed by atoms with E-state index in [1.165, 1.54) is 33.2 Å². The molecule has 0 aliphatic carbocycles. The van der Waals surface area contributed by atoms with Crippen molar-refractivity contribution in [3.8, 4) is 11.1 Å². The van der Waals surface area contributed by atoms with Crippen LogP contribution in [0.2, 0.25) is 0 Å². The highest BCUT2D eigenvalue weighted by molar-refractivity contribution is 5.95. The second-order valence-electron chi connectivity index (χ2n) is 18.8. The maximum absolute atomic E-state index is 15.5. The molecule has 4 N–H and O–H groups in total. The zero-order chi connectivity index (χ0) is 47.0. The number of aromatic nitrogens is 3. The number of hydrogen-bond donors (Lipinski definition) is 3. The summed E-state index contributed by atoms with van der Waals surface area (Å²) in [5, 5.41) is 6.69. The normalized spacial score (nSPS) is 22.2. The van der Waals surface area contributed by atoms with Crippen LogP contribution in [-0.4, -0.2) is 124 Å². The molecule has 0 bridgehead atoms. The summed E-state index contributed by atoms with van der Waals surface area (Å²) in [4.78, 5) is 53.5. The number of hydrogen-bond acceptors (Lipinski definition) is 10. The van der Waals surface area contributed by atoms with Crippen LogP contribution in [0.3, 0.4) is 0 Å². The smallest absolute Gasteiger partial charge is 0.384 e. The number of piperidine rings is 3. The molecule has 13 nitrogen and oxygen atoms in total. The first-order valence-electron chi connectivity index (χ1n) is 23.4. The van der Waals surface area contributed by atoms with Crippen molar-refractivity contribution in [3.63, 3.8) is 0 Å². The summed E-state index contributed by atoms with van der Waals surface area (Å²) in [7, 11) is 2.07. The molecule has 4 saturated heterocycles. The minimum atomic E-state index is -4.53. The summed E-state index contributed by atoms with van der Waals surface area (Å²) in [6.45, 7) is 5.45. The predicted octanol–water partition coefficient (Wildman–Crippen LogP) is 7.02. The van der Waals surface area contributed by atoms with Crippen LogP contribution in [0.1, 0.15) is 72.6 Å². The summed E-state index contributed by atoms with van der Waals surface area (Å²) in [6.07, 6.45) is 3.32. The van der Waals surface area contributed by atoms with Crippen molar-refractivity contribution in [1.29, 1.82) is 0 Å². The first kappa shape index (κ1) is 46.1. The highest BCUT2D eigenvalue weighted by Gasteiger charge is 2.47. The average molecular weight is 923 g/mol. The lowest BCUT2D eigenvalue weighted by Crippen LogP contribution is -2.60. The standard InChI is InChI=1S/C50H58F4N10O3/c1-31(44-25-40-39(11-16-56-47(40)60(44)2)37-7-10-46(55)57-27-37)61-19-14-35(15-20-61)34-3-5-36(6-4-34)49(67)62-17-12-32(13-18-62)28-64-22-21-63(29-45(64)50(52,53)54)43-9-8-38(24-41(43)51)59-42-23-33(30-65)26-58-48(42)66/h3-11,16,24-25,27,30-33,35,42,45,59H,12-15,17-23,26,28-29H2,1-2H3,(H2,55,57)(H,58,66)/t31-,33?,42?,45?/m0/s1. The molecule has 9 rings (SSSR count). The van der Waals surface area contributed by atoms with Crippen LogP contribution in [0.5, 0.6) is 0 Å². The molecular weight excluding hydrogens is 865 g/mol. The number of nitrogens with one attached hydrogen (secondary N) is 2. The molecule has 3 aromatic heterocycles. The third-order valence-electron chi connectivity index (χ3n) is 14.7. The van der Waals surface area contributed by atoms with Gasteiger partial charge in [0.2, 0.25) is 5.91 Å². The lowest BCUT2D eigenvalue weighted by atomic mass is 9.88. The number of likely N-dealkylation sites (tertiary alicyclic amines) is 2. The van der Waals surface area contributed by atoms with Gasteiger partial charge in [0.25, 0.3) is 5.91 Å². The Morgan fingerprint density at radius 1 is 0.955 bits per heavy atom.